The quantitative estimate of drug-likeness (QED) is 0.660. The van der Waals surface area contributed by atoms with Crippen molar-refractivity contribution in [1.29, 1.82) is 0 Å². The minimum atomic E-state index is -4.83. The minimum absolute atomic E-state index is 0.253. The van der Waals surface area contributed by atoms with Gasteiger partial charge in [0.25, 0.3) is 12.0 Å². The summed E-state index contributed by atoms with van der Waals surface area (Å²) in [4.78, 5) is 12.8. The van der Waals surface area contributed by atoms with Crippen molar-refractivity contribution in [3.05, 3.63) is 33.2 Å². The molecule has 0 spiro atoms. The molecule has 0 radical (unpaired) electrons. The maximum Gasteiger partial charge on any atom is 0.416 e. The molecule has 0 aliphatic heterocycles. The van der Waals surface area contributed by atoms with Gasteiger partial charge >= 0.3 is 6.18 Å². The van der Waals surface area contributed by atoms with Gasteiger partial charge in [-0.3, -0.25) is 4.79 Å². The Morgan fingerprint density at radius 1 is 1.38 bits per heavy atom. The highest BCUT2D eigenvalue weighted by Crippen LogP contribution is 2.33. The molecule has 0 saturated heterocycles. The zero-order valence-corrected chi connectivity index (χ0v) is 9.12. The number of hydrogen-bond acceptors (Lipinski definition) is 1. The summed E-state index contributed by atoms with van der Waals surface area (Å²) in [5, 5.41) is -0.360. The highest BCUT2D eigenvalue weighted by atomic mass is 79.9. The van der Waals surface area contributed by atoms with Gasteiger partial charge in [0.1, 0.15) is 0 Å². The SMILES string of the molecule is O=c1[nH]c(C(F)F)cc(C(F)(F)F)c1CBr. The van der Waals surface area contributed by atoms with Crippen molar-refractivity contribution in [1.82, 2.24) is 4.98 Å². The van der Waals surface area contributed by atoms with Crippen LogP contribution in [0.3, 0.4) is 0 Å². The summed E-state index contributed by atoms with van der Waals surface area (Å²) >= 11 is 2.71. The topological polar surface area (TPSA) is 32.9 Å². The number of hydrogen-bond donors (Lipinski definition) is 1. The van der Waals surface area contributed by atoms with E-state index in [4.69, 9.17) is 0 Å². The van der Waals surface area contributed by atoms with Crippen molar-refractivity contribution in [3.8, 4) is 0 Å². The van der Waals surface area contributed by atoms with Crippen LogP contribution >= 0.6 is 15.9 Å². The zero-order valence-electron chi connectivity index (χ0n) is 7.54. The van der Waals surface area contributed by atoms with Gasteiger partial charge in [-0.2, -0.15) is 13.2 Å². The number of halogens is 6. The Bertz CT molecular complexity index is 439. The standard InChI is InChI=1S/C8H5BrF5NO/c9-2-3-4(8(12,13)14)1-5(6(10)11)15-7(3)16/h1,6H,2H2,(H,15,16). The maximum absolute atomic E-state index is 12.4. The van der Waals surface area contributed by atoms with E-state index in [1.54, 1.807) is 4.98 Å². The van der Waals surface area contributed by atoms with Crippen LogP contribution in [-0.4, -0.2) is 4.98 Å². The summed E-state index contributed by atoms with van der Waals surface area (Å²) in [5.74, 6) is 0. The Morgan fingerprint density at radius 3 is 2.31 bits per heavy atom. The van der Waals surface area contributed by atoms with Crippen LogP contribution in [0.2, 0.25) is 0 Å². The summed E-state index contributed by atoms with van der Waals surface area (Å²) in [5.41, 5.74) is -4.16. The van der Waals surface area contributed by atoms with Gasteiger partial charge in [-0.25, -0.2) is 8.78 Å². The monoisotopic (exact) mass is 305 g/mol. The number of alkyl halides is 6. The minimum Gasteiger partial charge on any atom is -0.321 e. The molecule has 1 aromatic rings. The molecule has 1 rings (SSSR count). The molecule has 0 bridgehead atoms. The predicted octanol–water partition coefficient (Wildman–Crippen LogP) is 3.23. The summed E-state index contributed by atoms with van der Waals surface area (Å²) in [6.45, 7) is 0. The molecule has 1 N–H and O–H groups in total. The average molecular weight is 306 g/mol. The molecule has 0 aromatic carbocycles. The molecule has 0 saturated carbocycles. The molecule has 0 fully saturated rings. The Balaban J connectivity index is 3.50. The van der Waals surface area contributed by atoms with E-state index in [2.05, 4.69) is 15.9 Å². The van der Waals surface area contributed by atoms with Crippen molar-refractivity contribution in [2.45, 2.75) is 17.9 Å². The maximum atomic E-state index is 12.4. The summed E-state index contributed by atoms with van der Waals surface area (Å²) in [7, 11) is 0. The van der Waals surface area contributed by atoms with Crippen molar-refractivity contribution in [2.75, 3.05) is 0 Å². The van der Waals surface area contributed by atoms with Crippen LogP contribution < -0.4 is 5.56 Å². The fraction of sp³-hybridized carbons (Fsp3) is 0.375. The van der Waals surface area contributed by atoms with Gasteiger partial charge < -0.3 is 4.98 Å². The lowest BCUT2D eigenvalue weighted by Gasteiger charge is -2.12. The second kappa shape index (κ2) is 4.52. The largest absolute Gasteiger partial charge is 0.416 e. The predicted molar refractivity (Wildman–Crippen MR) is 49.7 cm³/mol. The van der Waals surface area contributed by atoms with Crippen molar-refractivity contribution >= 4 is 15.9 Å². The molecule has 0 amide bonds. The molecular formula is C8H5BrF5NO. The first kappa shape index (κ1) is 13.1. The first-order valence-electron chi connectivity index (χ1n) is 3.94. The van der Waals surface area contributed by atoms with E-state index in [0.717, 1.165) is 0 Å². The molecule has 90 valence electrons. The molecule has 8 heteroatoms. The summed E-state index contributed by atoms with van der Waals surface area (Å²) in [6, 6.07) is 0.253. The number of rotatable bonds is 2. The highest BCUT2D eigenvalue weighted by Gasteiger charge is 2.35. The van der Waals surface area contributed by atoms with Gasteiger partial charge in [0, 0.05) is 10.9 Å². The van der Waals surface area contributed by atoms with Crippen LogP contribution in [0.25, 0.3) is 0 Å². The average Bonchev–Trinajstić information content (AvgIpc) is 2.14. The lowest BCUT2D eigenvalue weighted by molar-refractivity contribution is -0.138. The highest BCUT2D eigenvalue weighted by molar-refractivity contribution is 9.08. The fourth-order valence-corrected chi connectivity index (χ4v) is 1.67. The smallest absolute Gasteiger partial charge is 0.321 e. The van der Waals surface area contributed by atoms with E-state index in [-0.39, 0.29) is 11.4 Å². The molecule has 0 aliphatic rings. The van der Waals surface area contributed by atoms with Crippen LogP contribution in [0.5, 0.6) is 0 Å². The summed E-state index contributed by atoms with van der Waals surface area (Å²) < 4.78 is 61.7. The molecule has 1 aromatic heterocycles. The van der Waals surface area contributed by atoms with Crippen molar-refractivity contribution < 1.29 is 22.0 Å². The number of aromatic nitrogens is 1. The van der Waals surface area contributed by atoms with Crippen molar-refractivity contribution in [3.63, 3.8) is 0 Å². The Hall–Kier alpha value is -0.920. The van der Waals surface area contributed by atoms with E-state index < -0.39 is 35.0 Å². The van der Waals surface area contributed by atoms with Gasteiger partial charge in [0.15, 0.2) is 0 Å². The van der Waals surface area contributed by atoms with E-state index in [1.807, 2.05) is 0 Å². The molecule has 16 heavy (non-hydrogen) atoms. The third-order valence-electron chi connectivity index (χ3n) is 1.83. The molecule has 0 unspecified atom stereocenters. The van der Waals surface area contributed by atoms with Crippen LogP contribution in [0.4, 0.5) is 22.0 Å². The van der Waals surface area contributed by atoms with Gasteiger partial charge in [0.05, 0.1) is 11.3 Å². The number of H-pyrrole nitrogens is 1. The van der Waals surface area contributed by atoms with Gasteiger partial charge in [-0.05, 0) is 6.07 Å². The van der Waals surface area contributed by atoms with Crippen LogP contribution in [0, 0.1) is 0 Å². The third kappa shape index (κ3) is 2.60. The molecule has 2 nitrogen and oxygen atoms in total. The van der Waals surface area contributed by atoms with Gasteiger partial charge in [-0.1, -0.05) is 15.9 Å². The van der Waals surface area contributed by atoms with Crippen LogP contribution in [0.15, 0.2) is 10.9 Å². The lowest BCUT2D eigenvalue weighted by Crippen LogP contribution is -2.21. The lowest BCUT2D eigenvalue weighted by atomic mass is 10.1. The van der Waals surface area contributed by atoms with Gasteiger partial charge in [0.2, 0.25) is 0 Å². The van der Waals surface area contributed by atoms with Crippen LogP contribution in [0.1, 0.15) is 23.2 Å². The molecule has 0 atom stereocenters. The second-order valence-electron chi connectivity index (χ2n) is 2.88. The van der Waals surface area contributed by atoms with E-state index >= 15 is 0 Å². The third-order valence-corrected chi connectivity index (χ3v) is 2.39. The van der Waals surface area contributed by atoms with E-state index in [0.29, 0.717) is 0 Å². The van der Waals surface area contributed by atoms with Crippen molar-refractivity contribution in [2.24, 2.45) is 0 Å². The summed E-state index contributed by atoms with van der Waals surface area (Å²) in [6.07, 6.45) is -7.99. The van der Waals surface area contributed by atoms with Crippen LogP contribution in [-0.2, 0) is 11.5 Å². The van der Waals surface area contributed by atoms with Gasteiger partial charge in [-0.15, -0.1) is 0 Å². The number of aromatic amines is 1. The molecule has 1 heterocycles. The molecular weight excluding hydrogens is 301 g/mol. The fourth-order valence-electron chi connectivity index (χ4n) is 1.11. The first-order valence-corrected chi connectivity index (χ1v) is 5.07. The van der Waals surface area contributed by atoms with E-state index in [1.165, 1.54) is 0 Å². The number of nitrogens with one attached hydrogen (secondary N) is 1. The first-order chi connectivity index (χ1) is 7.27. The number of pyridine rings is 1. The van der Waals surface area contributed by atoms with E-state index in [9.17, 15) is 26.7 Å². The second-order valence-corrected chi connectivity index (χ2v) is 3.44. The molecule has 0 aliphatic carbocycles. The Morgan fingerprint density at radius 2 is 1.94 bits per heavy atom. The Kier molecular flexibility index (Phi) is 3.72. The normalized spacial score (nSPS) is 12.2. The zero-order chi connectivity index (χ0) is 12.5. The Labute approximate surface area is 94.6 Å².